The van der Waals surface area contributed by atoms with Crippen LogP contribution in [0.5, 0.6) is 17.2 Å². The van der Waals surface area contributed by atoms with Crippen molar-refractivity contribution in [2.75, 3.05) is 27.5 Å². The van der Waals surface area contributed by atoms with Crippen molar-refractivity contribution in [3.05, 3.63) is 52.1 Å². The lowest BCUT2D eigenvalue weighted by Crippen LogP contribution is -2.08. The second-order valence-corrected chi connectivity index (χ2v) is 8.66. The maximum atomic E-state index is 12.9. The van der Waals surface area contributed by atoms with Crippen molar-refractivity contribution in [1.29, 1.82) is 0 Å². The first kappa shape index (κ1) is 22.7. The van der Waals surface area contributed by atoms with Crippen molar-refractivity contribution in [2.45, 2.75) is 27.2 Å². The molecular formula is C22H27O6P. The van der Waals surface area contributed by atoms with Gasteiger partial charge in [-0.1, -0.05) is 17.7 Å². The Morgan fingerprint density at radius 3 is 1.79 bits per heavy atom. The molecule has 29 heavy (non-hydrogen) atoms. The molecule has 0 bridgehead atoms. The van der Waals surface area contributed by atoms with Crippen LogP contribution in [0.25, 0.3) is 0 Å². The molecular weight excluding hydrogens is 391 g/mol. The van der Waals surface area contributed by atoms with Crippen molar-refractivity contribution in [3.63, 3.8) is 0 Å². The van der Waals surface area contributed by atoms with E-state index >= 15 is 0 Å². The van der Waals surface area contributed by atoms with Gasteiger partial charge in [0.05, 0.1) is 21.3 Å². The van der Waals surface area contributed by atoms with Gasteiger partial charge in [-0.25, -0.2) is 0 Å². The Kier molecular flexibility index (Phi) is 7.63. The minimum Gasteiger partial charge on any atom is -0.496 e. The third-order valence-electron chi connectivity index (χ3n) is 4.73. The first-order valence-electron chi connectivity index (χ1n) is 9.22. The molecule has 0 aliphatic carbocycles. The number of aryl methyl sites for hydroxylation is 3. The molecule has 0 saturated carbocycles. The molecule has 7 heteroatoms. The van der Waals surface area contributed by atoms with Gasteiger partial charge in [-0.3, -0.25) is 9.59 Å². The van der Waals surface area contributed by atoms with Crippen LogP contribution in [-0.2, 0) is 4.57 Å². The molecule has 0 radical (unpaired) electrons. The van der Waals surface area contributed by atoms with Gasteiger partial charge in [0.2, 0.25) is 5.52 Å². The van der Waals surface area contributed by atoms with Crippen LogP contribution in [0.4, 0.5) is 0 Å². The smallest absolute Gasteiger partial charge is 0.225 e. The van der Waals surface area contributed by atoms with E-state index in [1.165, 1.54) is 33.5 Å². The molecule has 0 fully saturated rings. The van der Waals surface area contributed by atoms with Crippen LogP contribution in [-0.4, -0.2) is 38.8 Å². The van der Waals surface area contributed by atoms with Gasteiger partial charge >= 0.3 is 0 Å². The predicted octanol–water partition coefficient (Wildman–Crippen LogP) is 4.61. The number of methoxy groups -OCH3 is 3. The number of ketones is 1. The van der Waals surface area contributed by atoms with Gasteiger partial charge in [-0.05, 0) is 31.9 Å². The summed E-state index contributed by atoms with van der Waals surface area (Å²) in [5.74, 6) is 0.789. The standard InChI is InChI=1S/C22H27O6P/c1-13-9-14(2)20(15(3)10-13)17(23)7-8-29(25)22(24)21-18(27-5)11-16(26-4)12-19(21)28-6/h9-12,29H,7-8H2,1-6H3. The van der Waals surface area contributed by atoms with E-state index in [4.69, 9.17) is 14.2 Å². The van der Waals surface area contributed by atoms with Crippen molar-refractivity contribution in [3.8, 4) is 17.2 Å². The monoisotopic (exact) mass is 418 g/mol. The summed E-state index contributed by atoms with van der Waals surface area (Å²) in [5, 5.41) is 0. The minimum atomic E-state index is -2.75. The highest BCUT2D eigenvalue weighted by Crippen LogP contribution is 2.40. The number of hydrogen-bond acceptors (Lipinski definition) is 6. The van der Waals surface area contributed by atoms with E-state index in [0.717, 1.165) is 16.7 Å². The molecule has 0 heterocycles. The van der Waals surface area contributed by atoms with Crippen LogP contribution < -0.4 is 14.2 Å². The quantitative estimate of drug-likeness (QED) is 0.437. The molecule has 2 rings (SSSR count). The molecule has 1 unspecified atom stereocenters. The molecule has 2 aromatic rings. The summed E-state index contributed by atoms with van der Waals surface area (Å²) in [6.45, 7) is 5.74. The third-order valence-corrected chi connectivity index (χ3v) is 6.19. The van der Waals surface area contributed by atoms with E-state index in [-0.39, 0.29) is 35.4 Å². The molecule has 1 atom stereocenters. The molecule has 0 saturated heterocycles. The van der Waals surface area contributed by atoms with Gasteiger partial charge in [0, 0.05) is 30.3 Å². The molecule has 0 aliphatic heterocycles. The van der Waals surface area contributed by atoms with Crippen LogP contribution in [0, 0.1) is 20.8 Å². The summed E-state index contributed by atoms with van der Waals surface area (Å²) in [6, 6.07) is 6.97. The van der Waals surface area contributed by atoms with E-state index in [9.17, 15) is 14.2 Å². The maximum Gasteiger partial charge on any atom is 0.225 e. The number of benzene rings is 2. The number of Topliss-reactive ketones (excluding diaryl/α,β-unsaturated/α-hetero) is 1. The molecule has 156 valence electrons. The number of carbonyl (C=O) groups is 2. The zero-order valence-corrected chi connectivity index (χ0v) is 18.7. The summed E-state index contributed by atoms with van der Waals surface area (Å²) in [4.78, 5) is 25.5. The summed E-state index contributed by atoms with van der Waals surface area (Å²) in [6.07, 6.45) is 0.0302. The molecule has 6 nitrogen and oxygen atoms in total. The molecule has 0 N–H and O–H groups in total. The normalized spacial score (nSPS) is 11.7. The Labute approximate surface area is 172 Å². The van der Waals surface area contributed by atoms with E-state index in [2.05, 4.69) is 0 Å². The second kappa shape index (κ2) is 9.75. The van der Waals surface area contributed by atoms with Gasteiger partial charge in [0.15, 0.2) is 5.78 Å². The third kappa shape index (κ3) is 5.07. The lowest BCUT2D eigenvalue weighted by molar-refractivity contribution is 0.0988. The summed E-state index contributed by atoms with van der Waals surface area (Å²) in [7, 11) is 1.56. The van der Waals surface area contributed by atoms with Gasteiger partial charge in [0.25, 0.3) is 0 Å². The number of hydrogen-bond donors (Lipinski definition) is 0. The van der Waals surface area contributed by atoms with Crippen molar-refractivity contribution in [2.24, 2.45) is 0 Å². The Bertz CT molecular complexity index is 916. The van der Waals surface area contributed by atoms with Crippen LogP contribution in [0.3, 0.4) is 0 Å². The highest BCUT2D eigenvalue weighted by atomic mass is 31.1. The first-order valence-corrected chi connectivity index (χ1v) is 10.8. The lowest BCUT2D eigenvalue weighted by atomic mass is 9.96. The molecule has 0 amide bonds. The van der Waals surface area contributed by atoms with Gasteiger partial charge in [0.1, 0.15) is 30.6 Å². The number of rotatable bonds is 9. The second-order valence-electron chi connectivity index (χ2n) is 6.86. The van der Waals surface area contributed by atoms with Crippen molar-refractivity contribution < 1.29 is 28.4 Å². The van der Waals surface area contributed by atoms with Crippen LogP contribution in [0.15, 0.2) is 24.3 Å². The fourth-order valence-corrected chi connectivity index (χ4v) is 4.66. The van der Waals surface area contributed by atoms with Gasteiger partial charge < -0.3 is 18.8 Å². The topological polar surface area (TPSA) is 78.9 Å². The molecule has 0 aliphatic rings. The molecule has 0 spiro atoms. The van der Waals surface area contributed by atoms with E-state index in [1.807, 2.05) is 32.9 Å². The van der Waals surface area contributed by atoms with Crippen LogP contribution in [0.2, 0.25) is 0 Å². The van der Waals surface area contributed by atoms with E-state index < -0.39 is 13.3 Å². The summed E-state index contributed by atoms with van der Waals surface area (Å²) in [5.41, 5.74) is 3.02. The van der Waals surface area contributed by atoms with Crippen molar-refractivity contribution >= 4 is 19.1 Å². The molecule has 0 aromatic heterocycles. The average Bonchev–Trinajstić information content (AvgIpc) is 2.69. The van der Waals surface area contributed by atoms with Crippen LogP contribution in [0.1, 0.15) is 43.8 Å². The highest BCUT2D eigenvalue weighted by Gasteiger charge is 2.25. The maximum absolute atomic E-state index is 12.9. The van der Waals surface area contributed by atoms with E-state index in [1.54, 1.807) is 0 Å². The van der Waals surface area contributed by atoms with Crippen molar-refractivity contribution in [1.82, 2.24) is 0 Å². The lowest BCUT2D eigenvalue weighted by Gasteiger charge is -2.14. The SMILES string of the molecule is COc1cc(OC)c(C(=O)[PH](=O)CCC(=O)c2c(C)cc(C)cc2C)c(OC)c1. The van der Waals surface area contributed by atoms with E-state index in [0.29, 0.717) is 11.3 Å². The zero-order chi connectivity index (χ0) is 21.7. The first-order chi connectivity index (χ1) is 13.7. The van der Waals surface area contributed by atoms with Gasteiger partial charge in [-0.2, -0.15) is 0 Å². The average molecular weight is 418 g/mol. The minimum absolute atomic E-state index is 0.00652. The Hall–Kier alpha value is -2.59. The number of ether oxygens (including phenoxy) is 3. The van der Waals surface area contributed by atoms with Gasteiger partial charge in [-0.15, -0.1) is 0 Å². The summed E-state index contributed by atoms with van der Waals surface area (Å²) < 4.78 is 28.4. The Morgan fingerprint density at radius 2 is 1.34 bits per heavy atom. The number of carbonyl (C=O) groups excluding carboxylic acids is 2. The highest BCUT2D eigenvalue weighted by molar-refractivity contribution is 7.64. The largest absolute Gasteiger partial charge is 0.496 e. The predicted molar refractivity (Wildman–Crippen MR) is 114 cm³/mol. The van der Waals surface area contributed by atoms with Crippen LogP contribution >= 0.6 is 7.80 Å². The molecule has 2 aromatic carbocycles. The fraction of sp³-hybridized carbons (Fsp3) is 0.364. The fourth-order valence-electron chi connectivity index (χ4n) is 3.45. The Balaban J connectivity index is 2.22. The summed E-state index contributed by atoms with van der Waals surface area (Å²) >= 11 is 0. The Morgan fingerprint density at radius 1 is 0.828 bits per heavy atom. The zero-order valence-electron chi connectivity index (χ0n) is 17.7.